The molecule has 2 rings (SSSR count). The highest BCUT2D eigenvalue weighted by Gasteiger charge is 2.39. The van der Waals surface area contributed by atoms with Crippen LogP contribution in [-0.4, -0.2) is 0 Å². The fourth-order valence-corrected chi connectivity index (χ4v) is 3.99. The van der Waals surface area contributed by atoms with Crippen LogP contribution in [0.5, 0.6) is 0 Å². The summed E-state index contributed by atoms with van der Waals surface area (Å²) in [5, 5.41) is 0.178. The molecule has 0 radical (unpaired) electrons. The van der Waals surface area contributed by atoms with Gasteiger partial charge in [-0.15, -0.1) is 11.6 Å². The number of unbranched alkanes of at least 4 members (excludes halogenated alkanes) is 1. The number of rotatable bonds is 5. The van der Waals surface area contributed by atoms with Gasteiger partial charge in [0.1, 0.15) is 0 Å². The molecular weight excluding hydrogens is 252 g/mol. The van der Waals surface area contributed by atoms with Crippen LogP contribution in [0.15, 0.2) is 24.3 Å². The Hall–Kier alpha value is -0.490. The predicted octanol–water partition coefficient (Wildman–Crippen LogP) is 6.14. The van der Waals surface area contributed by atoms with Crippen LogP contribution in [0.4, 0.5) is 0 Å². The minimum Gasteiger partial charge on any atom is -0.118 e. The zero-order valence-electron chi connectivity index (χ0n) is 12.6. The minimum absolute atomic E-state index is 0.178. The van der Waals surface area contributed by atoms with Gasteiger partial charge >= 0.3 is 0 Å². The standard InChI is InChI=1S/C18H27Cl/c1-4-5-7-14-9-11-15(12-10-14)17(19)16-8-6-13-18(16,2)3/h9-12,16-17H,4-8,13H2,1-3H3. The third-order valence-electron chi connectivity index (χ3n) is 4.81. The van der Waals surface area contributed by atoms with E-state index in [1.807, 2.05) is 0 Å². The van der Waals surface area contributed by atoms with Crippen molar-refractivity contribution in [1.82, 2.24) is 0 Å². The summed E-state index contributed by atoms with van der Waals surface area (Å²) in [6.45, 7) is 6.98. The van der Waals surface area contributed by atoms with Crippen molar-refractivity contribution in [1.29, 1.82) is 0 Å². The maximum atomic E-state index is 6.75. The van der Waals surface area contributed by atoms with Crippen LogP contribution in [0.2, 0.25) is 0 Å². The topological polar surface area (TPSA) is 0 Å². The molecule has 19 heavy (non-hydrogen) atoms. The Labute approximate surface area is 123 Å². The average molecular weight is 279 g/mol. The van der Waals surface area contributed by atoms with E-state index in [1.54, 1.807) is 0 Å². The molecule has 0 nitrogen and oxygen atoms in total. The van der Waals surface area contributed by atoms with E-state index in [-0.39, 0.29) is 5.38 Å². The van der Waals surface area contributed by atoms with Crippen molar-refractivity contribution < 1.29 is 0 Å². The molecule has 1 saturated carbocycles. The summed E-state index contributed by atoms with van der Waals surface area (Å²) in [5.74, 6) is 0.621. The van der Waals surface area contributed by atoms with Gasteiger partial charge in [-0.2, -0.15) is 0 Å². The molecule has 1 heteroatoms. The highest BCUT2D eigenvalue weighted by molar-refractivity contribution is 6.21. The number of halogens is 1. The third-order valence-corrected chi connectivity index (χ3v) is 5.37. The van der Waals surface area contributed by atoms with E-state index in [0.717, 1.165) is 0 Å². The first-order valence-corrected chi connectivity index (χ1v) is 8.21. The lowest BCUT2D eigenvalue weighted by atomic mass is 9.78. The van der Waals surface area contributed by atoms with E-state index in [1.165, 1.54) is 49.7 Å². The molecule has 106 valence electrons. The van der Waals surface area contributed by atoms with Crippen molar-refractivity contribution in [3.63, 3.8) is 0 Å². The van der Waals surface area contributed by atoms with Crippen molar-refractivity contribution in [2.75, 3.05) is 0 Å². The molecule has 1 fully saturated rings. The Morgan fingerprint density at radius 3 is 2.47 bits per heavy atom. The normalized spacial score (nSPS) is 23.5. The molecule has 2 unspecified atom stereocenters. The third kappa shape index (κ3) is 3.54. The van der Waals surface area contributed by atoms with Crippen molar-refractivity contribution in [2.24, 2.45) is 11.3 Å². The van der Waals surface area contributed by atoms with E-state index in [0.29, 0.717) is 11.3 Å². The number of alkyl halides is 1. The molecule has 0 bridgehead atoms. The second-order valence-electron chi connectivity index (χ2n) is 6.73. The Morgan fingerprint density at radius 2 is 1.95 bits per heavy atom. The molecule has 0 aliphatic heterocycles. The van der Waals surface area contributed by atoms with Gasteiger partial charge < -0.3 is 0 Å². The van der Waals surface area contributed by atoms with Crippen LogP contribution in [0, 0.1) is 11.3 Å². The van der Waals surface area contributed by atoms with Gasteiger partial charge in [0.05, 0.1) is 5.38 Å². The van der Waals surface area contributed by atoms with Crippen LogP contribution in [0.1, 0.15) is 69.4 Å². The van der Waals surface area contributed by atoms with E-state index >= 15 is 0 Å². The molecule has 1 aliphatic carbocycles. The van der Waals surface area contributed by atoms with Gasteiger partial charge in [0.15, 0.2) is 0 Å². The number of benzene rings is 1. The summed E-state index contributed by atoms with van der Waals surface area (Å²) in [6, 6.07) is 9.03. The summed E-state index contributed by atoms with van der Waals surface area (Å²) in [6.07, 6.45) is 7.65. The Bertz CT molecular complexity index is 391. The minimum atomic E-state index is 0.178. The van der Waals surface area contributed by atoms with E-state index < -0.39 is 0 Å². The zero-order chi connectivity index (χ0) is 13.9. The van der Waals surface area contributed by atoms with Crippen molar-refractivity contribution >= 4 is 11.6 Å². The van der Waals surface area contributed by atoms with Gasteiger partial charge in [0, 0.05) is 0 Å². The zero-order valence-corrected chi connectivity index (χ0v) is 13.3. The fourth-order valence-electron chi connectivity index (χ4n) is 3.38. The summed E-state index contributed by atoms with van der Waals surface area (Å²) >= 11 is 6.75. The molecule has 1 aromatic carbocycles. The first-order chi connectivity index (χ1) is 9.04. The number of hydrogen-bond donors (Lipinski definition) is 0. The van der Waals surface area contributed by atoms with Gasteiger partial charge in [0.2, 0.25) is 0 Å². The van der Waals surface area contributed by atoms with E-state index in [9.17, 15) is 0 Å². The smallest absolute Gasteiger partial charge is 0.0618 e. The molecule has 0 spiro atoms. The quantitative estimate of drug-likeness (QED) is 0.568. The Morgan fingerprint density at radius 1 is 1.26 bits per heavy atom. The Kier molecular flexibility index (Phi) is 4.95. The highest BCUT2D eigenvalue weighted by Crippen LogP contribution is 2.51. The average Bonchev–Trinajstić information content (AvgIpc) is 2.76. The van der Waals surface area contributed by atoms with E-state index in [4.69, 9.17) is 11.6 Å². The van der Waals surface area contributed by atoms with Crippen LogP contribution >= 0.6 is 11.6 Å². The highest BCUT2D eigenvalue weighted by atomic mass is 35.5. The predicted molar refractivity (Wildman–Crippen MR) is 84.8 cm³/mol. The molecule has 1 aliphatic rings. The lowest BCUT2D eigenvalue weighted by Gasteiger charge is -2.31. The number of aryl methyl sites for hydroxylation is 1. The van der Waals surface area contributed by atoms with Crippen molar-refractivity contribution in [2.45, 2.75) is 64.7 Å². The molecule has 0 amide bonds. The molecule has 1 aromatic rings. The van der Waals surface area contributed by atoms with Crippen LogP contribution < -0.4 is 0 Å². The molecular formula is C18H27Cl. The molecule has 2 atom stereocenters. The monoisotopic (exact) mass is 278 g/mol. The van der Waals surface area contributed by atoms with Gasteiger partial charge in [-0.3, -0.25) is 0 Å². The summed E-state index contributed by atoms with van der Waals surface area (Å²) in [4.78, 5) is 0. The second-order valence-corrected chi connectivity index (χ2v) is 7.20. The first kappa shape index (κ1) is 14.9. The molecule has 0 aromatic heterocycles. The van der Waals surface area contributed by atoms with Crippen molar-refractivity contribution in [3.8, 4) is 0 Å². The molecule has 0 heterocycles. The van der Waals surface area contributed by atoms with Gasteiger partial charge in [-0.1, -0.05) is 57.9 Å². The molecule has 0 N–H and O–H groups in total. The SMILES string of the molecule is CCCCc1ccc(C(Cl)C2CCCC2(C)C)cc1. The molecule has 0 saturated heterocycles. The maximum absolute atomic E-state index is 6.75. The fraction of sp³-hybridized carbons (Fsp3) is 0.667. The van der Waals surface area contributed by atoms with Crippen LogP contribution in [0.25, 0.3) is 0 Å². The first-order valence-electron chi connectivity index (χ1n) is 7.77. The summed E-state index contributed by atoms with van der Waals surface area (Å²) < 4.78 is 0. The number of hydrogen-bond acceptors (Lipinski definition) is 0. The van der Waals surface area contributed by atoms with Crippen LogP contribution in [0.3, 0.4) is 0 Å². The van der Waals surface area contributed by atoms with Gasteiger partial charge in [-0.25, -0.2) is 0 Å². The lowest BCUT2D eigenvalue weighted by Crippen LogP contribution is -2.21. The van der Waals surface area contributed by atoms with Gasteiger partial charge in [-0.05, 0) is 48.1 Å². The summed E-state index contributed by atoms with van der Waals surface area (Å²) in [5.41, 5.74) is 3.15. The van der Waals surface area contributed by atoms with Gasteiger partial charge in [0.25, 0.3) is 0 Å². The second kappa shape index (κ2) is 6.31. The van der Waals surface area contributed by atoms with E-state index in [2.05, 4.69) is 45.0 Å². The van der Waals surface area contributed by atoms with Crippen LogP contribution in [-0.2, 0) is 6.42 Å². The largest absolute Gasteiger partial charge is 0.118 e. The lowest BCUT2D eigenvalue weighted by molar-refractivity contribution is 0.252. The summed E-state index contributed by atoms with van der Waals surface area (Å²) in [7, 11) is 0. The maximum Gasteiger partial charge on any atom is 0.0618 e. The van der Waals surface area contributed by atoms with Crippen molar-refractivity contribution in [3.05, 3.63) is 35.4 Å². The Balaban J connectivity index is 2.05.